The smallest absolute Gasteiger partial charge is 0.176 e. The lowest BCUT2D eigenvalue weighted by Crippen LogP contribution is -2.29. The van der Waals surface area contributed by atoms with Crippen LogP contribution in [-0.2, 0) is 15.8 Å². The fourth-order valence-electron chi connectivity index (χ4n) is 3.67. The van der Waals surface area contributed by atoms with Gasteiger partial charge >= 0.3 is 0 Å². The lowest BCUT2D eigenvalue weighted by Gasteiger charge is -2.28. The van der Waals surface area contributed by atoms with E-state index in [0.717, 1.165) is 5.56 Å². The molecule has 1 aliphatic heterocycles. The molecule has 4 rings (SSSR count). The van der Waals surface area contributed by atoms with Gasteiger partial charge in [0.2, 0.25) is 0 Å². The second-order valence-corrected chi connectivity index (χ2v) is 7.39. The normalized spacial score (nSPS) is 18.7. The van der Waals surface area contributed by atoms with Crippen LogP contribution in [0.1, 0.15) is 17.0 Å². The van der Waals surface area contributed by atoms with Crippen LogP contribution in [0.2, 0.25) is 0 Å². The monoisotopic (exact) mass is 420 g/mol. The van der Waals surface area contributed by atoms with Crippen molar-refractivity contribution in [2.24, 2.45) is 0 Å². The summed E-state index contributed by atoms with van der Waals surface area (Å²) in [5, 5.41) is 0. The van der Waals surface area contributed by atoms with Crippen molar-refractivity contribution < 1.29 is 22.6 Å². The van der Waals surface area contributed by atoms with Crippen LogP contribution in [0.25, 0.3) is 22.3 Å². The molecule has 0 aliphatic carbocycles. The van der Waals surface area contributed by atoms with Crippen LogP contribution >= 0.6 is 0 Å². The zero-order chi connectivity index (χ0) is 22.0. The fraction of sp³-hybridized carbons (Fsp3) is 0.200. The average molecular weight is 420 g/mol. The van der Waals surface area contributed by atoms with Crippen molar-refractivity contribution in [2.75, 3.05) is 13.2 Å². The van der Waals surface area contributed by atoms with E-state index in [1.807, 2.05) is 6.07 Å². The first-order valence-electron chi connectivity index (χ1n) is 9.94. The van der Waals surface area contributed by atoms with E-state index in [4.69, 9.17) is 17.3 Å². The number of benzene rings is 3. The minimum absolute atomic E-state index is 0.0588. The highest BCUT2D eigenvalue weighted by Gasteiger charge is 2.22. The molecule has 0 bridgehead atoms. The maximum absolute atomic E-state index is 14.8. The lowest BCUT2D eigenvalue weighted by molar-refractivity contribution is -0.159. The quantitative estimate of drug-likeness (QED) is 0.387. The third-order valence-corrected chi connectivity index (χ3v) is 5.47. The molecule has 0 unspecified atom stereocenters. The summed E-state index contributed by atoms with van der Waals surface area (Å²) in [5.41, 5.74) is 2.59. The maximum atomic E-state index is 14.8. The van der Waals surface area contributed by atoms with Crippen molar-refractivity contribution in [2.45, 2.75) is 18.5 Å². The summed E-state index contributed by atoms with van der Waals surface area (Å²) < 4.78 is 54.3. The molecular weight excluding hydrogens is 400 g/mol. The van der Waals surface area contributed by atoms with Gasteiger partial charge in [-0.1, -0.05) is 61.4 Å². The van der Waals surface area contributed by atoms with Gasteiger partial charge in [0.05, 0.1) is 21.1 Å². The Bertz CT molecular complexity index is 1090. The lowest BCUT2D eigenvalue weighted by atomic mass is 9.93. The maximum Gasteiger partial charge on any atom is 0.176 e. The largest absolute Gasteiger partial charge is 0.348 e. The van der Waals surface area contributed by atoms with E-state index in [2.05, 4.69) is 6.58 Å². The van der Waals surface area contributed by atoms with E-state index in [1.54, 1.807) is 36.4 Å². The first kappa shape index (κ1) is 21.4. The topological polar surface area (TPSA) is 18.5 Å². The Kier molecular flexibility index (Phi) is 6.30. The summed E-state index contributed by atoms with van der Waals surface area (Å²) in [7, 11) is 5.42. The second kappa shape index (κ2) is 9.12. The van der Waals surface area contributed by atoms with Gasteiger partial charge in [-0.05, 0) is 34.4 Å². The Labute approximate surface area is 180 Å². The SMILES string of the molecule is [B]Cc1ccc(-c2ccc(-c3ccc(C4COC(C=C)OC4)cc3F)cc2)c(F)c1F. The number of hydrogen-bond acceptors (Lipinski definition) is 2. The van der Waals surface area contributed by atoms with Gasteiger partial charge in [-0.15, -0.1) is 0 Å². The van der Waals surface area contributed by atoms with Crippen molar-refractivity contribution in [3.05, 3.63) is 95.8 Å². The predicted molar refractivity (Wildman–Crippen MR) is 115 cm³/mol. The van der Waals surface area contributed by atoms with Gasteiger partial charge in [-0.2, -0.15) is 0 Å². The van der Waals surface area contributed by atoms with Crippen molar-refractivity contribution in [3.63, 3.8) is 0 Å². The molecule has 1 heterocycles. The zero-order valence-electron chi connectivity index (χ0n) is 16.8. The minimum atomic E-state index is -0.944. The summed E-state index contributed by atoms with van der Waals surface area (Å²) in [6.45, 7) is 4.48. The van der Waals surface area contributed by atoms with Crippen molar-refractivity contribution in [3.8, 4) is 22.3 Å². The summed E-state index contributed by atoms with van der Waals surface area (Å²) >= 11 is 0. The molecule has 1 fully saturated rings. The summed E-state index contributed by atoms with van der Waals surface area (Å²) in [4.78, 5) is 0. The van der Waals surface area contributed by atoms with E-state index in [-0.39, 0.29) is 29.2 Å². The van der Waals surface area contributed by atoms with E-state index in [0.29, 0.717) is 29.9 Å². The molecule has 3 aromatic rings. The van der Waals surface area contributed by atoms with E-state index >= 15 is 0 Å². The van der Waals surface area contributed by atoms with Crippen LogP contribution < -0.4 is 0 Å². The minimum Gasteiger partial charge on any atom is -0.348 e. The second-order valence-electron chi connectivity index (χ2n) is 7.39. The highest BCUT2D eigenvalue weighted by Crippen LogP contribution is 2.32. The number of ether oxygens (including phenoxy) is 2. The van der Waals surface area contributed by atoms with Gasteiger partial charge in [0.1, 0.15) is 5.82 Å². The van der Waals surface area contributed by atoms with Gasteiger partial charge in [0.25, 0.3) is 0 Å². The van der Waals surface area contributed by atoms with E-state index in [9.17, 15) is 13.2 Å². The molecule has 3 aromatic carbocycles. The molecule has 1 aliphatic rings. The molecule has 0 saturated carbocycles. The molecule has 0 aromatic heterocycles. The number of hydrogen-bond donors (Lipinski definition) is 0. The highest BCUT2D eigenvalue weighted by molar-refractivity contribution is 6.08. The third kappa shape index (κ3) is 4.32. The van der Waals surface area contributed by atoms with Crippen LogP contribution in [0.15, 0.2) is 67.3 Å². The van der Waals surface area contributed by atoms with Crippen LogP contribution in [0, 0.1) is 17.5 Å². The average Bonchev–Trinajstić information content (AvgIpc) is 2.81. The van der Waals surface area contributed by atoms with Crippen molar-refractivity contribution in [1.82, 2.24) is 0 Å². The van der Waals surface area contributed by atoms with Crippen LogP contribution in [0.3, 0.4) is 0 Å². The van der Waals surface area contributed by atoms with Gasteiger partial charge in [-0.25, -0.2) is 13.2 Å². The molecule has 6 heteroatoms. The predicted octanol–water partition coefficient (Wildman–Crippen LogP) is 5.75. The molecule has 0 spiro atoms. The third-order valence-electron chi connectivity index (χ3n) is 5.47. The molecule has 0 amide bonds. The zero-order valence-corrected chi connectivity index (χ0v) is 16.8. The van der Waals surface area contributed by atoms with Gasteiger partial charge in [0.15, 0.2) is 17.9 Å². The molecule has 2 nitrogen and oxygen atoms in total. The standard InChI is InChI=1S/C25H20BF3O2/c1-2-23-30-13-19(14-31-23)17-7-9-20(22(27)11-17)15-3-5-16(6-4-15)21-10-8-18(12-26)24(28)25(21)29/h2-11,19,23H,1,12-14H2. The first-order valence-corrected chi connectivity index (χ1v) is 9.94. The van der Waals surface area contributed by atoms with Crippen LogP contribution in [-0.4, -0.2) is 27.4 Å². The summed E-state index contributed by atoms with van der Waals surface area (Å²) in [5.74, 6) is -2.32. The van der Waals surface area contributed by atoms with Crippen LogP contribution in [0.4, 0.5) is 13.2 Å². The van der Waals surface area contributed by atoms with E-state index in [1.165, 1.54) is 18.2 Å². The molecule has 0 atom stereocenters. The molecule has 31 heavy (non-hydrogen) atoms. The Morgan fingerprint density at radius 2 is 1.48 bits per heavy atom. The van der Waals surface area contributed by atoms with Crippen molar-refractivity contribution >= 4 is 7.85 Å². The van der Waals surface area contributed by atoms with Gasteiger partial charge in [-0.3, -0.25) is 0 Å². The Morgan fingerprint density at radius 1 is 0.871 bits per heavy atom. The van der Waals surface area contributed by atoms with Gasteiger partial charge < -0.3 is 9.47 Å². The van der Waals surface area contributed by atoms with E-state index < -0.39 is 17.9 Å². The molecular formula is C25H20BF3O2. The van der Waals surface area contributed by atoms with Crippen molar-refractivity contribution in [1.29, 1.82) is 0 Å². The Hall–Kier alpha value is -2.83. The molecule has 2 radical (unpaired) electrons. The Balaban J connectivity index is 1.56. The summed E-state index contributed by atoms with van der Waals surface area (Å²) in [6, 6.07) is 14.6. The van der Waals surface area contributed by atoms with Crippen LogP contribution in [0.5, 0.6) is 0 Å². The first-order chi connectivity index (χ1) is 15.0. The highest BCUT2D eigenvalue weighted by atomic mass is 19.2. The fourth-order valence-corrected chi connectivity index (χ4v) is 3.67. The molecule has 1 saturated heterocycles. The molecule has 156 valence electrons. The number of rotatable bonds is 5. The Morgan fingerprint density at radius 3 is 2.06 bits per heavy atom. The number of halogens is 3. The molecule has 0 N–H and O–H groups in total. The van der Waals surface area contributed by atoms with Gasteiger partial charge in [0, 0.05) is 17.0 Å². The summed E-state index contributed by atoms with van der Waals surface area (Å²) in [6.07, 6.45) is 1.07.